The third kappa shape index (κ3) is 2.00. The molecule has 0 aromatic rings. The largest absolute Gasteiger partial charge is 0.397 e. The quantitative estimate of drug-likeness (QED) is 0.723. The first-order chi connectivity index (χ1) is 8.56. The van der Waals surface area contributed by atoms with Crippen molar-refractivity contribution in [2.45, 2.75) is 19.8 Å². The molecule has 1 fully saturated rings. The minimum atomic E-state index is -0.0796. The second-order valence-corrected chi connectivity index (χ2v) is 4.83. The van der Waals surface area contributed by atoms with Crippen molar-refractivity contribution in [1.29, 1.82) is 5.26 Å². The first-order valence-electron chi connectivity index (χ1n) is 6.16. The normalized spacial score (nSPS) is 23.8. The molecule has 0 aromatic carbocycles. The number of amides is 1. The molecule has 0 aromatic heterocycles. The van der Waals surface area contributed by atoms with Gasteiger partial charge in [0, 0.05) is 13.6 Å². The molecule has 18 heavy (non-hydrogen) atoms. The molecule has 0 saturated carbocycles. The van der Waals surface area contributed by atoms with Gasteiger partial charge in [0.15, 0.2) is 0 Å². The summed E-state index contributed by atoms with van der Waals surface area (Å²) in [7, 11) is 1.67. The Balaban J connectivity index is 2.30. The van der Waals surface area contributed by atoms with E-state index < -0.39 is 0 Å². The van der Waals surface area contributed by atoms with Crippen LogP contribution in [0.1, 0.15) is 19.8 Å². The van der Waals surface area contributed by atoms with Gasteiger partial charge in [-0.3, -0.25) is 9.69 Å². The molecule has 2 N–H and O–H groups in total. The van der Waals surface area contributed by atoms with Crippen molar-refractivity contribution in [1.82, 2.24) is 9.80 Å². The topological polar surface area (TPSA) is 73.4 Å². The third-order valence-electron chi connectivity index (χ3n) is 3.58. The summed E-state index contributed by atoms with van der Waals surface area (Å²) < 4.78 is 0. The molecule has 0 unspecified atom stereocenters. The van der Waals surface area contributed by atoms with E-state index in [-0.39, 0.29) is 5.91 Å². The van der Waals surface area contributed by atoms with E-state index in [4.69, 9.17) is 11.0 Å². The van der Waals surface area contributed by atoms with Gasteiger partial charge in [-0.2, -0.15) is 5.26 Å². The average molecular weight is 246 g/mol. The van der Waals surface area contributed by atoms with Crippen LogP contribution in [-0.2, 0) is 4.79 Å². The molecule has 2 rings (SSSR count). The van der Waals surface area contributed by atoms with Crippen molar-refractivity contribution >= 4 is 5.91 Å². The summed E-state index contributed by atoms with van der Waals surface area (Å²) in [5.41, 5.74) is 8.19. The van der Waals surface area contributed by atoms with E-state index in [1.807, 2.05) is 0 Å². The van der Waals surface area contributed by atoms with E-state index in [9.17, 15) is 4.79 Å². The highest BCUT2D eigenvalue weighted by Crippen LogP contribution is 2.28. The van der Waals surface area contributed by atoms with Gasteiger partial charge < -0.3 is 10.6 Å². The highest BCUT2D eigenvalue weighted by atomic mass is 16.2. The number of likely N-dealkylation sites (tertiary alicyclic amines) is 1. The SMILES string of the molecule is C/C(C#N)=C1\C(N)=C(CN2CCCC2)C(=O)N1C. The maximum Gasteiger partial charge on any atom is 0.257 e. The number of likely N-dealkylation sites (N-methyl/N-ethyl adjacent to an activating group) is 1. The molecule has 0 atom stereocenters. The number of hydrogen-bond donors (Lipinski definition) is 1. The van der Waals surface area contributed by atoms with Crippen LogP contribution < -0.4 is 5.73 Å². The number of carbonyl (C=O) groups excluding carboxylic acids is 1. The van der Waals surface area contributed by atoms with Crippen LogP contribution in [0.15, 0.2) is 22.5 Å². The Morgan fingerprint density at radius 1 is 1.44 bits per heavy atom. The number of rotatable bonds is 2. The fraction of sp³-hybridized carbons (Fsp3) is 0.538. The van der Waals surface area contributed by atoms with Crippen LogP contribution in [0, 0.1) is 11.3 Å². The predicted octanol–water partition coefficient (Wildman–Crippen LogP) is 0.565. The van der Waals surface area contributed by atoms with Gasteiger partial charge in [0.05, 0.1) is 28.6 Å². The van der Waals surface area contributed by atoms with Gasteiger partial charge in [-0.25, -0.2) is 0 Å². The molecule has 0 bridgehead atoms. The fourth-order valence-electron chi connectivity index (χ4n) is 2.57. The summed E-state index contributed by atoms with van der Waals surface area (Å²) in [6.45, 7) is 4.32. The fourth-order valence-corrected chi connectivity index (χ4v) is 2.57. The summed E-state index contributed by atoms with van der Waals surface area (Å²) in [5, 5.41) is 8.95. The summed E-state index contributed by atoms with van der Waals surface area (Å²) in [6, 6.07) is 2.06. The van der Waals surface area contributed by atoms with Crippen molar-refractivity contribution in [2.24, 2.45) is 5.73 Å². The lowest BCUT2D eigenvalue weighted by Gasteiger charge is -2.15. The lowest BCUT2D eigenvalue weighted by atomic mass is 10.1. The van der Waals surface area contributed by atoms with Crippen LogP contribution in [0.2, 0.25) is 0 Å². The van der Waals surface area contributed by atoms with E-state index >= 15 is 0 Å². The van der Waals surface area contributed by atoms with Crippen molar-refractivity contribution in [3.63, 3.8) is 0 Å². The smallest absolute Gasteiger partial charge is 0.257 e. The molecule has 1 saturated heterocycles. The molecule has 5 heteroatoms. The van der Waals surface area contributed by atoms with Crippen LogP contribution in [0.3, 0.4) is 0 Å². The van der Waals surface area contributed by atoms with Gasteiger partial charge in [-0.15, -0.1) is 0 Å². The summed E-state index contributed by atoms with van der Waals surface area (Å²) >= 11 is 0. The predicted molar refractivity (Wildman–Crippen MR) is 68.0 cm³/mol. The molecule has 0 aliphatic carbocycles. The van der Waals surface area contributed by atoms with Crippen molar-refractivity contribution in [3.05, 3.63) is 22.5 Å². The zero-order valence-electron chi connectivity index (χ0n) is 10.9. The average Bonchev–Trinajstić information content (AvgIpc) is 2.93. The highest BCUT2D eigenvalue weighted by molar-refractivity contribution is 6.00. The first kappa shape index (κ1) is 12.7. The molecule has 5 nitrogen and oxygen atoms in total. The van der Waals surface area contributed by atoms with Crippen LogP contribution in [0.25, 0.3) is 0 Å². The zero-order chi connectivity index (χ0) is 13.3. The van der Waals surface area contributed by atoms with Crippen molar-refractivity contribution in [3.8, 4) is 6.07 Å². The lowest BCUT2D eigenvalue weighted by molar-refractivity contribution is -0.123. The van der Waals surface area contributed by atoms with Crippen molar-refractivity contribution in [2.75, 3.05) is 26.7 Å². The number of nitrogens with zero attached hydrogens (tertiary/aromatic N) is 3. The van der Waals surface area contributed by atoms with Crippen LogP contribution in [0.5, 0.6) is 0 Å². The molecule has 2 aliphatic heterocycles. The second-order valence-electron chi connectivity index (χ2n) is 4.83. The number of allylic oxidation sites excluding steroid dienone is 1. The van der Waals surface area contributed by atoms with E-state index in [1.165, 1.54) is 17.7 Å². The third-order valence-corrected chi connectivity index (χ3v) is 3.58. The Kier molecular flexibility index (Phi) is 3.39. The molecule has 0 spiro atoms. The van der Waals surface area contributed by atoms with E-state index in [0.717, 1.165) is 13.1 Å². The van der Waals surface area contributed by atoms with Crippen LogP contribution in [0.4, 0.5) is 0 Å². The number of nitriles is 1. The van der Waals surface area contributed by atoms with Crippen LogP contribution in [-0.4, -0.2) is 42.4 Å². The maximum atomic E-state index is 12.2. The van der Waals surface area contributed by atoms with Crippen LogP contribution >= 0.6 is 0 Å². The molecular weight excluding hydrogens is 228 g/mol. The van der Waals surface area contributed by atoms with Crippen molar-refractivity contribution < 1.29 is 4.79 Å². The van der Waals surface area contributed by atoms with Gasteiger partial charge in [0.1, 0.15) is 0 Å². The Bertz CT molecular complexity index is 478. The molecular formula is C13H18N4O. The Morgan fingerprint density at radius 2 is 2.06 bits per heavy atom. The first-order valence-corrected chi connectivity index (χ1v) is 6.16. The molecule has 1 amide bonds. The van der Waals surface area contributed by atoms with Gasteiger partial charge in [0.2, 0.25) is 0 Å². The molecule has 0 radical (unpaired) electrons. The molecule has 2 heterocycles. The van der Waals surface area contributed by atoms with E-state index in [0.29, 0.717) is 29.1 Å². The second kappa shape index (κ2) is 4.83. The maximum absolute atomic E-state index is 12.2. The highest BCUT2D eigenvalue weighted by Gasteiger charge is 2.33. The van der Waals surface area contributed by atoms with Gasteiger partial charge in [-0.1, -0.05) is 0 Å². The minimum absolute atomic E-state index is 0.0796. The Labute approximate surface area is 107 Å². The Hall–Kier alpha value is -1.80. The number of carbonyl (C=O) groups is 1. The summed E-state index contributed by atoms with van der Waals surface area (Å²) in [4.78, 5) is 15.9. The number of hydrogen-bond acceptors (Lipinski definition) is 4. The number of nitrogens with two attached hydrogens (primary N) is 1. The summed E-state index contributed by atoms with van der Waals surface area (Å²) in [5.74, 6) is -0.0796. The lowest BCUT2D eigenvalue weighted by Crippen LogP contribution is -2.28. The Morgan fingerprint density at radius 3 is 2.61 bits per heavy atom. The molecule has 96 valence electrons. The van der Waals surface area contributed by atoms with E-state index in [1.54, 1.807) is 14.0 Å². The monoisotopic (exact) mass is 246 g/mol. The molecule has 2 aliphatic rings. The van der Waals surface area contributed by atoms with Gasteiger partial charge in [0.25, 0.3) is 5.91 Å². The van der Waals surface area contributed by atoms with Gasteiger partial charge in [-0.05, 0) is 32.9 Å². The minimum Gasteiger partial charge on any atom is -0.397 e. The van der Waals surface area contributed by atoms with Gasteiger partial charge >= 0.3 is 0 Å². The van der Waals surface area contributed by atoms with E-state index in [2.05, 4.69) is 11.0 Å². The standard InChI is InChI=1S/C13H18N4O/c1-9(7-14)12-11(15)10(13(18)16(12)2)8-17-5-3-4-6-17/h3-6,8,15H2,1-2H3/b12-9-. The zero-order valence-corrected chi connectivity index (χ0v) is 10.9. The summed E-state index contributed by atoms with van der Waals surface area (Å²) in [6.07, 6.45) is 2.36.